The molecule has 0 heterocycles. The topological polar surface area (TPSA) is 67.8 Å². The summed E-state index contributed by atoms with van der Waals surface area (Å²) in [6, 6.07) is 5.55. The molecule has 0 spiro atoms. The molecule has 0 saturated carbocycles. The van der Waals surface area contributed by atoms with E-state index >= 15 is 0 Å². The number of amides is 1. The first-order chi connectivity index (χ1) is 15.1. The molecular weight excluding hydrogens is 390 g/mol. The van der Waals surface area contributed by atoms with Crippen LogP contribution in [0.1, 0.15) is 96.5 Å². The third-order valence-electron chi connectivity index (χ3n) is 5.44. The van der Waals surface area contributed by atoms with Crippen LogP contribution in [0.4, 0.5) is 0 Å². The smallest absolute Gasteiger partial charge is 0.261 e. The van der Waals surface area contributed by atoms with E-state index in [0.717, 1.165) is 31.2 Å². The van der Waals surface area contributed by atoms with Crippen LogP contribution in [-0.4, -0.2) is 36.9 Å². The van der Waals surface area contributed by atoms with Gasteiger partial charge >= 0.3 is 0 Å². The van der Waals surface area contributed by atoms with Gasteiger partial charge in [-0.15, -0.1) is 0 Å². The van der Waals surface area contributed by atoms with E-state index in [4.69, 9.17) is 14.6 Å². The van der Waals surface area contributed by atoms with Gasteiger partial charge in [0.25, 0.3) is 5.91 Å². The fourth-order valence-electron chi connectivity index (χ4n) is 3.58. The van der Waals surface area contributed by atoms with E-state index in [1.165, 1.54) is 51.4 Å². The summed E-state index contributed by atoms with van der Waals surface area (Å²) in [5.74, 6) is 1.37. The molecule has 0 fully saturated rings. The van der Waals surface area contributed by atoms with Gasteiger partial charge in [-0.1, -0.05) is 71.6 Å². The van der Waals surface area contributed by atoms with Crippen molar-refractivity contribution >= 4 is 5.91 Å². The van der Waals surface area contributed by atoms with Crippen LogP contribution >= 0.6 is 0 Å². The molecule has 1 rings (SSSR count). The molecule has 5 nitrogen and oxygen atoms in total. The van der Waals surface area contributed by atoms with Gasteiger partial charge in [-0.05, 0) is 49.9 Å². The summed E-state index contributed by atoms with van der Waals surface area (Å²) in [4.78, 5) is 12.6. The number of nitrogens with one attached hydrogen (secondary N) is 1. The molecule has 0 aromatic heterocycles. The molecule has 0 radical (unpaired) electrons. The summed E-state index contributed by atoms with van der Waals surface area (Å²) >= 11 is 0. The normalized spacial score (nSPS) is 11.9. The van der Waals surface area contributed by atoms with Crippen LogP contribution in [0.5, 0.6) is 11.5 Å². The first-order valence-corrected chi connectivity index (χ1v) is 12.4. The Kier molecular flexibility index (Phi) is 15.7. The van der Waals surface area contributed by atoms with Crippen LogP contribution in [0.2, 0.25) is 0 Å². The summed E-state index contributed by atoms with van der Waals surface area (Å²) in [5.41, 5.74) is 0.923. The molecule has 1 aromatic carbocycles. The van der Waals surface area contributed by atoms with Crippen molar-refractivity contribution in [1.82, 2.24) is 5.32 Å². The van der Waals surface area contributed by atoms with Gasteiger partial charge in [0.2, 0.25) is 0 Å². The summed E-state index contributed by atoms with van der Waals surface area (Å²) in [6.45, 7) is 7.17. The largest absolute Gasteiger partial charge is 0.491 e. The van der Waals surface area contributed by atoms with Gasteiger partial charge in [0.05, 0.1) is 6.61 Å². The number of rotatable bonds is 19. The van der Waals surface area contributed by atoms with E-state index < -0.39 is 6.10 Å². The van der Waals surface area contributed by atoms with Crippen LogP contribution < -0.4 is 14.8 Å². The molecular formula is C26H45NO4. The van der Waals surface area contributed by atoms with E-state index in [2.05, 4.69) is 12.2 Å². The zero-order chi connectivity index (χ0) is 22.7. The average Bonchev–Trinajstić information content (AvgIpc) is 2.77. The van der Waals surface area contributed by atoms with Crippen molar-refractivity contribution in [3.63, 3.8) is 0 Å². The number of benzene rings is 1. The second-order valence-electron chi connectivity index (χ2n) is 8.37. The highest BCUT2D eigenvalue weighted by Gasteiger charge is 2.20. The maximum absolute atomic E-state index is 12.6. The lowest BCUT2D eigenvalue weighted by atomic mass is 10.0. The number of hydrogen-bond acceptors (Lipinski definition) is 4. The highest BCUT2D eigenvalue weighted by atomic mass is 16.5. The van der Waals surface area contributed by atoms with Gasteiger partial charge in [-0.3, -0.25) is 4.79 Å². The minimum Gasteiger partial charge on any atom is -0.491 e. The van der Waals surface area contributed by atoms with Crippen molar-refractivity contribution in [2.45, 2.75) is 104 Å². The summed E-state index contributed by atoms with van der Waals surface area (Å²) < 4.78 is 11.6. The molecule has 5 heteroatoms. The fourth-order valence-corrected chi connectivity index (χ4v) is 3.58. The van der Waals surface area contributed by atoms with E-state index in [0.29, 0.717) is 18.0 Å². The van der Waals surface area contributed by atoms with Crippen LogP contribution in [0, 0.1) is 6.92 Å². The molecule has 31 heavy (non-hydrogen) atoms. The first kappa shape index (κ1) is 27.3. The second kappa shape index (κ2) is 17.9. The van der Waals surface area contributed by atoms with Gasteiger partial charge in [-0.25, -0.2) is 0 Å². The van der Waals surface area contributed by atoms with E-state index in [1.54, 1.807) is 0 Å². The van der Waals surface area contributed by atoms with Gasteiger partial charge in [-0.2, -0.15) is 0 Å². The predicted molar refractivity (Wildman–Crippen MR) is 128 cm³/mol. The maximum Gasteiger partial charge on any atom is 0.261 e. The van der Waals surface area contributed by atoms with Crippen LogP contribution in [-0.2, 0) is 4.79 Å². The molecule has 1 amide bonds. The van der Waals surface area contributed by atoms with Crippen molar-refractivity contribution in [3.8, 4) is 11.5 Å². The lowest BCUT2D eigenvalue weighted by molar-refractivity contribution is -0.128. The number of carbonyl (C=O) groups is 1. The predicted octanol–water partition coefficient (Wildman–Crippen LogP) is 5.95. The Hall–Kier alpha value is -1.75. The van der Waals surface area contributed by atoms with E-state index in [-0.39, 0.29) is 19.1 Å². The number of aliphatic hydroxyl groups is 1. The highest BCUT2D eigenvalue weighted by molar-refractivity contribution is 5.81. The molecule has 0 bridgehead atoms. The van der Waals surface area contributed by atoms with Gasteiger partial charge < -0.3 is 19.9 Å². The number of aryl methyl sites for hydroxylation is 1. The molecule has 1 atom stereocenters. The van der Waals surface area contributed by atoms with Crippen LogP contribution in [0.25, 0.3) is 0 Å². The van der Waals surface area contributed by atoms with E-state index in [1.807, 2.05) is 32.0 Å². The minimum atomic E-state index is -0.469. The lowest BCUT2D eigenvalue weighted by Crippen LogP contribution is -2.38. The monoisotopic (exact) mass is 435 g/mol. The molecule has 2 N–H and O–H groups in total. The quantitative estimate of drug-likeness (QED) is 0.263. The van der Waals surface area contributed by atoms with Crippen LogP contribution in [0.3, 0.4) is 0 Å². The molecule has 178 valence electrons. The molecule has 0 saturated heterocycles. The molecule has 0 aliphatic carbocycles. The van der Waals surface area contributed by atoms with Gasteiger partial charge in [0.1, 0.15) is 18.1 Å². The van der Waals surface area contributed by atoms with Crippen molar-refractivity contribution < 1.29 is 19.4 Å². The SMILES string of the molecule is CCCCCCCCCCCCC(Oc1ccc(OCCO)cc1C)C(=O)NCCC. The summed E-state index contributed by atoms with van der Waals surface area (Å²) in [5, 5.41) is 11.9. The molecule has 1 aromatic rings. The highest BCUT2D eigenvalue weighted by Crippen LogP contribution is 2.25. The summed E-state index contributed by atoms with van der Waals surface area (Å²) in [7, 11) is 0. The number of hydrogen-bond donors (Lipinski definition) is 2. The Morgan fingerprint density at radius 1 is 0.968 bits per heavy atom. The van der Waals surface area contributed by atoms with Gasteiger partial charge in [0, 0.05) is 6.54 Å². The Balaban J connectivity index is 2.46. The minimum absolute atomic E-state index is 0.0180. The van der Waals surface area contributed by atoms with Crippen LogP contribution in [0.15, 0.2) is 18.2 Å². The Bertz CT molecular complexity index is 591. The third-order valence-corrected chi connectivity index (χ3v) is 5.44. The Morgan fingerprint density at radius 2 is 1.61 bits per heavy atom. The number of aliphatic hydroxyl groups excluding tert-OH is 1. The van der Waals surface area contributed by atoms with Crippen molar-refractivity contribution in [2.24, 2.45) is 0 Å². The lowest BCUT2D eigenvalue weighted by Gasteiger charge is -2.20. The summed E-state index contributed by atoms with van der Waals surface area (Å²) in [6.07, 6.45) is 13.9. The number of ether oxygens (including phenoxy) is 2. The average molecular weight is 436 g/mol. The standard InChI is InChI=1S/C26H45NO4/c1-4-6-7-8-9-10-11-12-13-14-15-25(26(29)27-18-5-2)31-24-17-16-23(21-22(24)3)30-20-19-28/h16-17,21,25,28H,4-15,18-20H2,1-3H3,(H,27,29). The van der Waals surface area contributed by atoms with Crippen molar-refractivity contribution in [1.29, 1.82) is 0 Å². The second-order valence-corrected chi connectivity index (χ2v) is 8.37. The zero-order valence-electron chi connectivity index (χ0n) is 20.1. The number of carbonyl (C=O) groups excluding carboxylic acids is 1. The molecule has 0 aliphatic rings. The molecule has 1 unspecified atom stereocenters. The van der Waals surface area contributed by atoms with Crippen molar-refractivity contribution in [3.05, 3.63) is 23.8 Å². The third kappa shape index (κ3) is 12.6. The first-order valence-electron chi connectivity index (χ1n) is 12.4. The fraction of sp³-hybridized carbons (Fsp3) is 0.731. The number of unbranched alkanes of at least 4 members (excludes halogenated alkanes) is 9. The Labute approximate surface area is 189 Å². The zero-order valence-corrected chi connectivity index (χ0v) is 20.1. The van der Waals surface area contributed by atoms with Gasteiger partial charge in [0.15, 0.2) is 6.10 Å². The maximum atomic E-state index is 12.6. The van der Waals surface area contributed by atoms with Crippen molar-refractivity contribution in [2.75, 3.05) is 19.8 Å². The Morgan fingerprint density at radius 3 is 2.19 bits per heavy atom. The molecule has 0 aliphatic heterocycles. The van der Waals surface area contributed by atoms with E-state index in [9.17, 15) is 4.79 Å².